The Morgan fingerprint density at radius 2 is 2.12 bits per heavy atom. The smallest absolute Gasteiger partial charge is 0.228 e. The van der Waals surface area contributed by atoms with Gasteiger partial charge in [-0.2, -0.15) is 0 Å². The molecule has 0 radical (unpaired) electrons. The third kappa shape index (κ3) is 3.58. The van der Waals surface area contributed by atoms with Gasteiger partial charge in [-0.3, -0.25) is 4.79 Å². The van der Waals surface area contributed by atoms with Crippen LogP contribution in [0.1, 0.15) is 5.56 Å². The molecule has 6 heteroatoms. The van der Waals surface area contributed by atoms with Gasteiger partial charge in [0.25, 0.3) is 0 Å². The van der Waals surface area contributed by atoms with Crippen molar-refractivity contribution in [1.82, 2.24) is 4.98 Å². The Labute approximate surface area is 144 Å². The molecule has 2 aromatic carbocycles. The fourth-order valence-corrected chi connectivity index (χ4v) is 2.64. The van der Waals surface area contributed by atoms with Crippen LogP contribution in [0.15, 0.2) is 59.5 Å². The molecule has 0 unspecified atom stereocenters. The zero-order valence-corrected chi connectivity index (χ0v) is 13.7. The summed E-state index contributed by atoms with van der Waals surface area (Å²) < 4.78 is 10.5. The topological polar surface area (TPSA) is 64.4 Å². The molecule has 3 rings (SSSR count). The van der Waals surface area contributed by atoms with Gasteiger partial charge in [0.2, 0.25) is 5.91 Å². The lowest BCUT2D eigenvalue weighted by Gasteiger charge is -2.10. The number of aromatic nitrogens is 1. The molecule has 122 valence electrons. The number of para-hydroxylation sites is 1. The van der Waals surface area contributed by atoms with E-state index in [9.17, 15) is 4.79 Å². The van der Waals surface area contributed by atoms with Crippen molar-refractivity contribution >= 4 is 23.2 Å². The quantitative estimate of drug-likeness (QED) is 0.755. The first-order valence-electron chi connectivity index (χ1n) is 7.27. The molecule has 24 heavy (non-hydrogen) atoms. The number of carbonyl (C=O) groups is 1. The SMILES string of the molecule is COc1ccccc1CC(=O)Nc1ccc(-c2cnco2)c(Cl)c1. The molecule has 0 spiro atoms. The van der Waals surface area contributed by atoms with Crippen molar-refractivity contribution in [3.05, 3.63) is 65.6 Å². The lowest BCUT2D eigenvalue weighted by Crippen LogP contribution is -2.14. The van der Waals surface area contributed by atoms with E-state index in [1.54, 1.807) is 31.5 Å². The number of anilines is 1. The molecule has 0 fully saturated rings. The van der Waals surface area contributed by atoms with Crippen LogP contribution in [0.3, 0.4) is 0 Å². The summed E-state index contributed by atoms with van der Waals surface area (Å²) in [6.07, 6.45) is 3.14. The molecule has 1 heterocycles. The molecule has 0 bridgehead atoms. The minimum absolute atomic E-state index is 0.150. The molecule has 0 aliphatic rings. The maximum absolute atomic E-state index is 12.2. The number of carbonyl (C=O) groups excluding carboxylic acids is 1. The number of ether oxygens (including phenoxy) is 1. The minimum Gasteiger partial charge on any atom is -0.496 e. The molecule has 0 saturated heterocycles. The van der Waals surface area contributed by atoms with Crippen LogP contribution >= 0.6 is 11.6 Å². The highest BCUT2D eigenvalue weighted by Gasteiger charge is 2.11. The van der Waals surface area contributed by atoms with Gasteiger partial charge in [-0.1, -0.05) is 29.8 Å². The number of hydrogen-bond donors (Lipinski definition) is 1. The van der Waals surface area contributed by atoms with E-state index in [0.717, 1.165) is 11.1 Å². The van der Waals surface area contributed by atoms with Crippen molar-refractivity contribution in [1.29, 1.82) is 0 Å². The van der Waals surface area contributed by atoms with Crippen LogP contribution < -0.4 is 10.1 Å². The maximum atomic E-state index is 12.2. The van der Waals surface area contributed by atoms with Crippen molar-refractivity contribution in [3.63, 3.8) is 0 Å². The summed E-state index contributed by atoms with van der Waals surface area (Å²) in [4.78, 5) is 16.1. The van der Waals surface area contributed by atoms with Crippen LogP contribution in [-0.2, 0) is 11.2 Å². The van der Waals surface area contributed by atoms with E-state index in [1.165, 1.54) is 6.39 Å². The summed E-state index contributed by atoms with van der Waals surface area (Å²) in [5.41, 5.74) is 2.15. The summed E-state index contributed by atoms with van der Waals surface area (Å²) in [6.45, 7) is 0. The molecule has 0 aliphatic carbocycles. The first kappa shape index (κ1) is 16.1. The molecule has 1 aromatic heterocycles. The van der Waals surface area contributed by atoms with Crippen molar-refractivity contribution in [3.8, 4) is 17.1 Å². The molecule has 5 nitrogen and oxygen atoms in total. The Balaban J connectivity index is 1.72. The summed E-state index contributed by atoms with van der Waals surface area (Å²) >= 11 is 6.25. The number of hydrogen-bond acceptors (Lipinski definition) is 4. The Bertz CT molecular complexity index is 847. The van der Waals surface area contributed by atoms with Gasteiger partial charge in [0.05, 0.1) is 24.8 Å². The van der Waals surface area contributed by atoms with Gasteiger partial charge in [0, 0.05) is 16.8 Å². The van der Waals surface area contributed by atoms with Crippen LogP contribution in [0.25, 0.3) is 11.3 Å². The molecule has 0 aliphatic heterocycles. The van der Waals surface area contributed by atoms with E-state index in [-0.39, 0.29) is 12.3 Å². The van der Waals surface area contributed by atoms with Crippen LogP contribution in [0.2, 0.25) is 5.02 Å². The predicted molar refractivity (Wildman–Crippen MR) is 92.3 cm³/mol. The van der Waals surface area contributed by atoms with Crippen LogP contribution in [0, 0.1) is 0 Å². The number of benzene rings is 2. The highest BCUT2D eigenvalue weighted by Crippen LogP contribution is 2.30. The predicted octanol–water partition coefficient (Wildman–Crippen LogP) is 4.18. The second-order valence-electron chi connectivity index (χ2n) is 5.10. The minimum atomic E-state index is -0.150. The van der Waals surface area contributed by atoms with Gasteiger partial charge in [-0.15, -0.1) is 0 Å². The Morgan fingerprint density at radius 3 is 2.83 bits per heavy atom. The Kier molecular flexibility index (Phi) is 4.82. The molecule has 0 atom stereocenters. The van der Waals surface area contributed by atoms with Gasteiger partial charge in [-0.25, -0.2) is 4.98 Å². The van der Waals surface area contributed by atoms with Crippen LogP contribution in [0.4, 0.5) is 5.69 Å². The lowest BCUT2D eigenvalue weighted by atomic mass is 10.1. The number of nitrogens with zero attached hydrogens (tertiary/aromatic N) is 1. The lowest BCUT2D eigenvalue weighted by molar-refractivity contribution is -0.115. The molecule has 0 saturated carbocycles. The van der Waals surface area contributed by atoms with E-state index < -0.39 is 0 Å². The second kappa shape index (κ2) is 7.19. The standard InChI is InChI=1S/C18H15ClN2O3/c1-23-16-5-3-2-4-12(16)8-18(22)21-13-6-7-14(15(19)9-13)17-10-20-11-24-17/h2-7,9-11H,8H2,1H3,(H,21,22). The largest absolute Gasteiger partial charge is 0.496 e. The summed E-state index contributed by atoms with van der Waals surface area (Å²) in [6, 6.07) is 12.6. The van der Waals surface area contributed by atoms with Crippen LogP contribution in [-0.4, -0.2) is 18.0 Å². The third-order valence-electron chi connectivity index (χ3n) is 3.49. The highest BCUT2D eigenvalue weighted by molar-refractivity contribution is 6.33. The molecular weight excluding hydrogens is 328 g/mol. The first-order chi connectivity index (χ1) is 11.7. The zero-order chi connectivity index (χ0) is 16.9. The van der Waals surface area contributed by atoms with Crippen molar-refractivity contribution in [2.24, 2.45) is 0 Å². The molecule has 3 aromatic rings. The van der Waals surface area contributed by atoms with Crippen molar-refractivity contribution < 1.29 is 13.9 Å². The Morgan fingerprint density at radius 1 is 1.29 bits per heavy atom. The summed E-state index contributed by atoms with van der Waals surface area (Å²) in [7, 11) is 1.58. The summed E-state index contributed by atoms with van der Waals surface area (Å²) in [5.74, 6) is 1.11. The van der Waals surface area contributed by atoms with E-state index >= 15 is 0 Å². The third-order valence-corrected chi connectivity index (χ3v) is 3.81. The number of rotatable bonds is 5. The van der Waals surface area contributed by atoms with Gasteiger partial charge in [-0.05, 0) is 24.3 Å². The summed E-state index contributed by atoms with van der Waals surface area (Å²) in [5, 5.41) is 3.30. The monoisotopic (exact) mass is 342 g/mol. The molecule has 1 N–H and O–H groups in total. The number of halogens is 1. The van der Waals surface area contributed by atoms with Gasteiger partial charge >= 0.3 is 0 Å². The maximum Gasteiger partial charge on any atom is 0.228 e. The van der Waals surface area contributed by atoms with Crippen LogP contribution in [0.5, 0.6) is 5.75 Å². The first-order valence-corrected chi connectivity index (χ1v) is 7.65. The number of oxazole rings is 1. The van der Waals surface area contributed by atoms with E-state index in [0.29, 0.717) is 22.2 Å². The number of methoxy groups -OCH3 is 1. The van der Waals surface area contributed by atoms with E-state index in [2.05, 4.69) is 10.3 Å². The van der Waals surface area contributed by atoms with Gasteiger partial charge < -0.3 is 14.5 Å². The molecule has 1 amide bonds. The number of nitrogens with one attached hydrogen (secondary N) is 1. The fraction of sp³-hybridized carbons (Fsp3) is 0.111. The average Bonchev–Trinajstić information content (AvgIpc) is 3.09. The highest BCUT2D eigenvalue weighted by atomic mass is 35.5. The van der Waals surface area contributed by atoms with Crippen molar-refractivity contribution in [2.75, 3.05) is 12.4 Å². The fourth-order valence-electron chi connectivity index (χ4n) is 2.37. The molecular formula is C18H15ClN2O3. The normalized spacial score (nSPS) is 10.4. The van der Waals surface area contributed by atoms with Gasteiger partial charge in [0.15, 0.2) is 12.2 Å². The van der Waals surface area contributed by atoms with E-state index in [1.807, 2.05) is 24.3 Å². The second-order valence-corrected chi connectivity index (χ2v) is 5.50. The Hall–Kier alpha value is -2.79. The zero-order valence-electron chi connectivity index (χ0n) is 13.0. The van der Waals surface area contributed by atoms with Gasteiger partial charge in [0.1, 0.15) is 5.75 Å². The average molecular weight is 343 g/mol. The number of amides is 1. The van der Waals surface area contributed by atoms with E-state index in [4.69, 9.17) is 20.8 Å². The van der Waals surface area contributed by atoms with Crippen molar-refractivity contribution in [2.45, 2.75) is 6.42 Å².